The first-order valence-corrected chi connectivity index (χ1v) is 14.1. The van der Waals surface area contributed by atoms with Crippen LogP contribution in [0.3, 0.4) is 0 Å². The zero-order valence-electron chi connectivity index (χ0n) is 25.3. The van der Waals surface area contributed by atoms with Crippen molar-refractivity contribution in [3.63, 3.8) is 0 Å². The number of rotatable bonds is 10. The summed E-state index contributed by atoms with van der Waals surface area (Å²) in [5.74, 6) is -2.85. The van der Waals surface area contributed by atoms with Gasteiger partial charge >= 0.3 is 24.3 Å². The largest absolute Gasteiger partial charge is 0.494 e. The Balaban J connectivity index is 0.000000392. The van der Waals surface area contributed by atoms with Gasteiger partial charge < -0.3 is 31.2 Å². The number of nitrogen functional groups attached to an aromatic ring is 2. The molecule has 0 atom stereocenters. The first-order chi connectivity index (χ1) is 23.0. The van der Waals surface area contributed by atoms with Gasteiger partial charge in [-0.25, -0.2) is 19.6 Å². The molecule has 2 aromatic carbocycles. The number of carboxylic acid groups (broad SMARTS) is 2. The van der Waals surface area contributed by atoms with E-state index >= 15 is 0 Å². The van der Waals surface area contributed by atoms with Gasteiger partial charge in [0, 0.05) is 29.9 Å². The Hall–Kier alpha value is -5.88. The molecule has 3 heterocycles. The van der Waals surface area contributed by atoms with E-state index in [-0.39, 0.29) is 0 Å². The highest BCUT2D eigenvalue weighted by atomic mass is 19.4. The van der Waals surface area contributed by atoms with Crippen LogP contribution in [0.5, 0.6) is 11.5 Å². The molecule has 0 saturated carbocycles. The van der Waals surface area contributed by atoms with Crippen LogP contribution < -0.4 is 20.9 Å². The van der Waals surface area contributed by atoms with Crippen LogP contribution in [0.25, 0.3) is 21.8 Å². The quantitative estimate of drug-likeness (QED) is 0.109. The Bertz CT molecular complexity index is 1740. The van der Waals surface area contributed by atoms with Crippen molar-refractivity contribution in [2.24, 2.45) is 0 Å². The molecule has 0 bridgehead atoms. The molecule has 0 aliphatic rings. The number of pyridine rings is 2. The first kappa shape index (κ1) is 37.6. The smallest absolute Gasteiger partial charge is 0.490 e. The second kappa shape index (κ2) is 16.8. The highest BCUT2D eigenvalue weighted by molar-refractivity contribution is 5.82. The van der Waals surface area contributed by atoms with Crippen molar-refractivity contribution in [2.75, 3.05) is 24.7 Å². The van der Waals surface area contributed by atoms with Gasteiger partial charge in [0.25, 0.3) is 0 Å². The third-order valence-electron chi connectivity index (χ3n) is 6.08. The standard InChI is InChI=1S/C26H27N7O2.2C2HF3O2/c27-25-10-4-18-15-21(6-8-23(18)29-25)34-13-1-3-20-17-33(32-31-20)12-2-14-35-22-7-9-24-19(16-22)5-11-26(28)30-24;2*3-2(4,5)1(6)7/h4-11,15-17H,1-3,12-14H2,(H2,27,29)(H2,28,30);2*(H,6,7). The fourth-order valence-corrected chi connectivity index (χ4v) is 3.84. The molecular formula is C30H29F6N7O6. The number of carbonyl (C=O) groups is 2. The molecule has 0 fully saturated rings. The lowest BCUT2D eigenvalue weighted by molar-refractivity contribution is -0.193. The fraction of sp³-hybridized carbons (Fsp3) is 0.267. The number of hydrogen-bond donors (Lipinski definition) is 4. The van der Waals surface area contributed by atoms with E-state index in [2.05, 4.69) is 20.3 Å². The van der Waals surface area contributed by atoms with Crippen molar-refractivity contribution in [1.82, 2.24) is 25.0 Å². The van der Waals surface area contributed by atoms with Crippen molar-refractivity contribution < 1.29 is 55.6 Å². The van der Waals surface area contributed by atoms with Gasteiger partial charge in [0.2, 0.25) is 0 Å². The highest BCUT2D eigenvalue weighted by Gasteiger charge is 2.38. The number of anilines is 2. The van der Waals surface area contributed by atoms with Crippen LogP contribution in [0.2, 0.25) is 0 Å². The summed E-state index contributed by atoms with van der Waals surface area (Å²) in [4.78, 5) is 26.4. The zero-order chi connectivity index (χ0) is 36.2. The highest BCUT2D eigenvalue weighted by Crippen LogP contribution is 2.22. The van der Waals surface area contributed by atoms with E-state index in [1.54, 1.807) is 12.1 Å². The topological polar surface area (TPSA) is 202 Å². The second-order valence-electron chi connectivity index (χ2n) is 9.91. The number of halogens is 6. The van der Waals surface area contributed by atoms with E-state index < -0.39 is 24.3 Å². The number of nitrogens with two attached hydrogens (primary N) is 2. The minimum atomic E-state index is -5.08. The van der Waals surface area contributed by atoms with E-state index in [9.17, 15) is 26.3 Å². The van der Waals surface area contributed by atoms with Crippen LogP contribution in [-0.4, -0.2) is 72.7 Å². The average molecular weight is 698 g/mol. The lowest BCUT2D eigenvalue weighted by Crippen LogP contribution is -2.21. The number of benzene rings is 2. The van der Waals surface area contributed by atoms with Crippen molar-refractivity contribution in [1.29, 1.82) is 0 Å². The van der Waals surface area contributed by atoms with E-state index in [0.29, 0.717) is 24.8 Å². The lowest BCUT2D eigenvalue weighted by atomic mass is 10.2. The zero-order valence-corrected chi connectivity index (χ0v) is 25.3. The summed E-state index contributed by atoms with van der Waals surface area (Å²) >= 11 is 0. The van der Waals surface area contributed by atoms with Gasteiger partial charge in [-0.1, -0.05) is 5.21 Å². The Labute approximate surface area is 273 Å². The van der Waals surface area contributed by atoms with Gasteiger partial charge in [0.05, 0.1) is 29.9 Å². The van der Waals surface area contributed by atoms with Gasteiger partial charge in [-0.05, 0) is 73.5 Å². The molecule has 19 heteroatoms. The molecule has 0 amide bonds. The molecule has 0 aliphatic carbocycles. The number of aliphatic carboxylic acids is 2. The van der Waals surface area contributed by atoms with E-state index in [1.807, 2.05) is 59.4 Å². The predicted octanol–water partition coefficient (Wildman–Crippen LogP) is 5.29. The number of nitrogens with zero attached hydrogens (tertiary/aromatic N) is 5. The summed E-state index contributed by atoms with van der Waals surface area (Å²) in [6, 6.07) is 19.1. The monoisotopic (exact) mass is 697 g/mol. The summed E-state index contributed by atoms with van der Waals surface area (Å²) in [5.41, 5.74) is 14.1. The van der Waals surface area contributed by atoms with Crippen LogP contribution in [0, 0.1) is 0 Å². The SMILES string of the molecule is Nc1ccc2cc(OCCCc3cn(CCCOc4ccc5nc(N)ccc5c4)nn3)ccc2n1.O=C(O)C(F)(F)F.O=C(O)C(F)(F)F. The molecule has 262 valence electrons. The third kappa shape index (κ3) is 12.7. The van der Waals surface area contributed by atoms with Gasteiger partial charge in [-0.3, -0.25) is 4.68 Å². The molecule has 3 aromatic heterocycles. The first-order valence-electron chi connectivity index (χ1n) is 14.1. The van der Waals surface area contributed by atoms with Crippen LogP contribution >= 0.6 is 0 Å². The molecule has 0 spiro atoms. The van der Waals surface area contributed by atoms with E-state index in [4.69, 9.17) is 40.7 Å². The van der Waals surface area contributed by atoms with Gasteiger partial charge in [0.15, 0.2) is 0 Å². The van der Waals surface area contributed by atoms with Crippen LogP contribution in [0.1, 0.15) is 18.5 Å². The lowest BCUT2D eigenvalue weighted by Gasteiger charge is -2.07. The molecule has 0 unspecified atom stereocenters. The number of carboxylic acids is 2. The number of alkyl halides is 6. The maximum Gasteiger partial charge on any atom is 0.490 e. The van der Waals surface area contributed by atoms with Crippen molar-refractivity contribution >= 4 is 45.4 Å². The summed E-state index contributed by atoms with van der Waals surface area (Å²) < 4.78 is 77.1. The number of aromatic nitrogens is 5. The maximum absolute atomic E-state index is 10.6. The predicted molar refractivity (Wildman–Crippen MR) is 164 cm³/mol. The minimum absolute atomic E-state index is 0.514. The Morgan fingerprint density at radius 3 is 1.61 bits per heavy atom. The van der Waals surface area contributed by atoms with Gasteiger partial charge in [0.1, 0.15) is 23.1 Å². The average Bonchev–Trinajstić information content (AvgIpc) is 3.48. The van der Waals surface area contributed by atoms with Crippen LogP contribution in [0.15, 0.2) is 66.9 Å². The molecule has 0 saturated heterocycles. The molecule has 6 N–H and O–H groups in total. The molecule has 13 nitrogen and oxygen atoms in total. The molecule has 49 heavy (non-hydrogen) atoms. The Morgan fingerprint density at radius 1 is 0.714 bits per heavy atom. The molecule has 5 rings (SSSR count). The van der Waals surface area contributed by atoms with Gasteiger partial charge in [-0.2, -0.15) is 26.3 Å². The maximum atomic E-state index is 10.6. The summed E-state index contributed by atoms with van der Waals surface area (Å²) in [7, 11) is 0. The summed E-state index contributed by atoms with van der Waals surface area (Å²) in [6.45, 7) is 1.93. The number of fused-ring (bicyclic) bond motifs is 2. The second-order valence-corrected chi connectivity index (χ2v) is 9.91. The van der Waals surface area contributed by atoms with Crippen molar-refractivity contribution in [3.05, 3.63) is 72.6 Å². The number of ether oxygens (including phenoxy) is 2. The Kier molecular flexibility index (Phi) is 12.9. The molecule has 0 aliphatic heterocycles. The van der Waals surface area contributed by atoms with Gasteiger partial charge in [-0.15, -0.1) is 5.10 Å². The fourth-order valence-electron chi connectivity index (χ4n) is 3.84. The van der Waals surface area contributed by atoms with E-state index in [1.165, 1.54) is 0 Å². The number of hydrogen-bond acceptors (Lipinski definition) is 10. The van der Waals surface area contributed by atoms with E-state index in [0.717, 1.165) is 64.8 Å². The molecular weight excluding hydrogens is 668 g/mol. The Morgan fingerprint density at radius 2 is 1.16 bits per heavy atom. The van der Waals surface area contributed by atoms with Crippen LogP contribution in [0.4, 0.5) is 38.0 Å². The molecule has 0 radical (unpaired) electrons. The van der Waals surface area contributed by atoms with Crippen LogP contribution in [-0.2, 0) is 22.6 Å². The number of aryl methyl sites for hydroxylation is 2. The normalized spacial score (nSPS) is 11.2. The minimum Gasteiger partial charge on any atom is -0.494 e. The van der Waals surface area contributed by atoms with Crippen molar-refractivity contribution in [3.8, 4) is 11.5 Å². The molecule has 5 aromatic rings. The van der Waals surface area contributed by atoms with Crippen molar-refractivity contribution in [2.45, 2.75) is 38.2 Å². The summed E-state index contributed by atoms with van der Waals surface area (Å²) in [5, 5.41) is 24.7. The third-order valence-corrected chi connectivity index (χ3v) is 6.08. The summed E-state index contributed by atoms with van der Waals surface area (Å²) in [6.07, 6.45) is -5.70.